The van der Waals surface area contributed by atoms with Crippen LogP contribution in [0.3, 0.4) is 0 Å². The zero-order valence-electron chi connectivity index (χ0n) is 14.2. The number of benzene rings is 2. The van der Waals surface area contributed by atoms with Crippen LogP contribution < -0.4 is 0 Å². The Bertz CT molecular complexity index is 842. The summed E-state index contributed by atoms with van der Waals surface area (Å²) < 4.78 is 5.94. The van der Waals surface area contributed by atoms with Crippen molar-refractivity contribution in [2.24, 2.45) is 0 Å². The molecule has 5 heteroatoms. The van der Waals surface area contributed by atoms with Crippen LogP contribution >= 0.6 is 11.6 Å². The highest BCUT2D eigenvalue weighted by molar-refractivity contribution is 6.30. The van der Waals surface area contributed by atoms with Crippen LogP contribution in [0.15, 0.2) is 52.9 Å². The molecule has 25 heavy (non-hydrogen) atoms. The van der Waals surface area contributed by atoms with Gasteiger partial charge in [0.2, 0.25) is 11.8 Å². The lowest BCUT2D eigenvalue weighted by molar-refractivity contribution is 0.320. The highest BCUT2D eigenvalue weighted by Gasteiger charge is 2.28. The van der Waals surface area contributed by atoms with Gasteiger partial charge in [0, 0.05) is 23.7 Å². The Morgan fingerprint density at radius 1 is 1.08 bits per heavy atom. The summed E-state index contributed by atoms with van der Waals surface area (Å²) in [7, 11) is 0. The number of rotatable bonds is 4. The third-order valence-electron chi connectivity index (χ3n) is 4.68. The van der Waals surface area contributed by atoms with Gasteiger partial charge in [0.05, 0.1) is 5.92 Å². The summed E-state index contributed by atoms with van der Waals surface area (Å²) in [4.78, 5) is 2.42. The average molecular weight is 354 g/mol. The van der Waals surface area contributed by atoms with Crippen LogP contribution in [-0.2, 0) is 6.54 Å². The van der Waals surface area contributed by atoms with E-state index in [2.05, 4.69) is 46.3 Å². The van der Waals surface area contributed by atoms with Crippen molar-refractivity contribution in [3.8, 4) is 11.5 Å². The molecule has 0 unspecified atom stereocenters. The molecular weight excluding hydrogens is 334 g/mol. The Labute approximate surface area is 152 Å². The molecule has 0 bridgehead atoms. The highest BCUT2D eigenvalue weighted by Crippen LogP contribution is 2.29. The highest BCUT2D eigenvalue weighted by atomic mass is 35.5. The first-order valence-electron chi connectivity index (χ1n) is 8.54. The molecule has 1 aromatic heterocycles. The van der Waals surface area contributed by atoms with E-state index in [0.29, 0.717) is 11.8 Å². The van der Waals surface area contributed by atoms with Crippen molar-refractivity contribution in [3.05, 3.63) is 70.6 Å². The van der Waals surface area contributed by atoms with Gasteiger partial charge in [0.1, 0.15) is 0 Å². The van der Waals surface area contributed by atoms with E-state index in [-0.39, 0.29) is 0 Å². The van der Waals surface area contributed by atoms with Crippen molar-refractivity contribution in [3.63, 3.8) is 0 Å². The van der Waals surface area contributed by atoms with Crippen molar-refractivity contribution >= 4 is 11.6 Å². The van der Waals surface area contributed by atoms with Gasteiger partial charge in [0.25, 0.3) is 0 Å². The first-order valence-corrected chi connectivity index (χ1v) is 8.92. The zero-order chi connectivity index (χ0) is 17.2. The quantitative estimate of drug-likeness (QED) is 0.682. The van der Waals surface area contributed by atoms with Gasteiger partial charge in [-0.05, 0) is 49.7 Å². The monoisotopic (exact) mass is 353 g/mol. The van der Waals surface area contributed by atoms with Crippen LogP contribution in [0.5, 0.6) is 0 Å². The van der Waals surface area contributed by atoms with Crippen LogP contribution in [0, 0.1) is 6.92 Å². The number of halogens is 1. The number of nitrogens with zero attached hydrogens (tertiary/aromatic N) is 3. The van der Waals surface area contributed by atoms with Gasteiger partial charge < -0.3 is 4.42 Å². The van der Waals surface area contributed by atoms with Crippen LogP contribution in [0.1, 0.15) is 29.4 Å². The maximum absolute atomic E-state index is 5.95. The topological polar surface area (TPSA) is 42.2 Å². The molecular formula is C20H20ClN3O. The largest absolute Gasteiger partial charge is 0.420 e. The number of hydrogen-bond donors (Lipinski definition) is 0. The van der Waals surface area contributed by atoms with Crippen LogP contribution in [-0.4, -0.2) is 28.2 Å². The molecule has 2 heterocycles. The van der Waals surface area contributed by atoms with Gasteiger partial charge in [-0.3, -0.25) is 4.90 Å². The molecule has 3 aromatic rings. The van der Waals surface area contributed by atoms with E-state index in [1.807, 2.05) is 24.3 Å². The lowest BCUT2D eigenvalue weighted by Gasteiger charge is -2.15. The molecule has 4 rings (SSSR count). The summed E-state index contributed by atoms with van der Waals surface area (Å²) in [5, 5.41) is 9.29. The summed E-state index contributed by atoms with van der Waals surface area (Å²) in [6.45, 7) is 4.97. The fourth-order valence-electron chi connectivity index (χ4n) is 3.24. The fraction of sp³-hybridized carbons (Fsp3) is 0.300. The smallest absolute Gasteiger partial charge is 0.247 e. The van der Waals surface area contributed by atoms with Crippen molar-refractivity contribution in [2.45, 2.75) is 25.8 Å². The zero-order valence-corrected chi connectivity index (χ0v) is 14.9. The molecule has 1 aliphatic heterocycles. The molecule has 0 N–H and O–H groups in total. The van der Waals surface area contributed by atoms with E-state index >= 15 is 0 Å². The predicted octanol–water partition coefficient (Wildman–Crippen LogP) is 4.69. The lowest BCUT2D eigenvalue weighted by Crippen LogP contribution is -2.19. The first-order chi connectivity index (χ1) is 12.2. The molecule has 1 aliphatic rings. The number of likely N-dealkylation sites (tertiary alicyclic amines) is 1. The Kier molecular flexibility index (Phi) is 4.55. The molecule has 128 valence electrons. The van der Waals surface area contributed by atoms with Gasteiger partial charge >= 0.3 is 0 Å². The van der Waals surface area contributed by atoms with Gasteiger partial charge in [-0.25, -0.2) is 0 Å². The third-order valence-corrected chi connectivity index (χ3v) is 4.93. The second-order valence-electron chi connectivity index (χ2n) is 6.66. The second-order valence-corrected chi connectivity index (χ2v) is 7.10. The Morgan fingerprint density at radius 2 is 1.84 bits per heavy atom. The maximum atomic E-state index is 5.95. The fourth-order valence-corrected chi connectivity index (χ4v) is 3.36. The van der Waals surface area contributed by atoms with Crippen molar-refractivity contribution in [2.75, 3.05) is 13.1 Å². The Hall–Kier alpha value is -2.17. The Balaban J connectivity index is 1.41. The van der Waals surface area contributed by atoms with E-state index in [1.165, 1.54) is 11.1 Å². The normalized spacial score (nSPS) is 17.9. The molecule has 1 saturated heterocycles. The number of aromatic nitrogens is 2. The van der Waals surface area contributed by atoms with Crippen LogP contribution in [0.2, 0.25) is 5.02 Å². The molecule has 0 amide bonds. The van der Waals surface area contributed by atoms with Gasteiger partial charge in [-0.1, -0.05) is 41.4 Å². The number of hydrogen-bond acceptors (Lipinski definition) is 4. The minimum absolute atomic E-state index is 0.305. The summed E-state index contributed by atoms with van der Waals surface area (Å²) in [5.41, 5.74) is 3.47. The molecule has 0 spiro atoms. The van der Waals surface area contributed by atoms with E-state index in [0.717, 1.165) is 42.5 Å². The molecule has 0 radical (unpaired) electrons. The summed E-state index contributed by atoms with van der Waals surface area (Å²) in [6.07, 6.45) is 1.04. The molecule has 1 atom stereocenters. The van der Waals surface area contributed by atoms with E-state index < -0.39 is 0 Å². The lowest BCUT2D eigenvalue weighted by atomic mass is 10.1. The molecule has 0 saturated carbocycles. The van der Waals surface area contributed by atoms with E-state index in [9.17, 15) is 0 Å². The molecule has 2 aromatic carbocycles. The minimum Gasteiger partial charge on any atom is -0.420 e. The van der Waals surface area contributed by atoms with Crippen LogP contribution in [0.25, 0.3) is 11.5 Å². The van der Waals surface area contributed by atoms with Crippen LogP contribution in [0.4, 0.5) is 0 Å². The summed E-state index contributed by atoms with van der Waals surface area (Å²) in [6, 6.07) is 16.2. The second kappa shape index (κ2) is 6.98. The van der Waals surface area contributed by atoms with E-state index in [4.69, 9.17) is 16.0 Å². The van der Waals surface area contributed by atoms with Crippen molar-refractivity contribution in [1.82, 2.24) is 15.1 Å². The molecule has 1 fully saturated rings. The van der Waals surface area contributed by atoms with Gasteiger partial charge in [-0.15, -0.1) is 10.2 Å². The predicted molar refractivity (Wildman–Crippen MR) is 98.6 cm³/mol. The van der Waals surface area contributed by atoms with Crippen molar-refractivity contribution < 1.29 is 4.42 Å². The maximum Gasteiger partial charge on any atom is 0.247 e. The average Bonchev–Trinajstić information content (AvgIpc) is 3.27. The SMILES string of the molecule is Cc1ccc(-c2nnc([C@H]3CCN(Cc4ccc(Cl)cc4)C3)o2)cc1. The Morgan fingerprint density at radius 3 is 2.60 bits per heavy atom. The van der Waals surface area contributed by atoms with Gasteiger partial charge in [-0.2, -0.15) is 0 Å². The van der Waals surface area contributed by atoms with Gasteiger partial charge in [0.15, 0.2) is 0 Å². The van der Waals surface area contributed by atoms with E-state index in [1.54, 1.807) is 0 Å². The third kappa shape index (κ3) is 3.75. The van der Waals surface area contributed by atoms with Crippen molar-refractivity contribution in [1.29, 1.82) is 0 Å². The molecule has 0 aliphatic carbocycles. The number of aryl methyl sites for hydroxylation is 1. The minimum atomic E-state index is 0.305. The first kappa shape index (κ1) is 16.3. The summed E-state index contributed by atoms with van der Waals surface area (Å²) in [5.74, 6) is 1.65. The summed E-state index contributed by atoms with van der Waals surface area (Å²) >= 11 is 5.95. The standard InChI is InChI=1S/C20H20ClN3O/c1-14-2-6-16(7-3-14)19-22-23-20(25-19)17-10-11-24(13-17)12-15-4-8-18(21)9-5-15/h2-9,17H,10-13H2,1H3/t17-/m0/s1. The molecule has 4 nitrogen and oxygen atoms in total.